The summed E-state index contributed by atoms with van der Waals surface area (Å²) in [6.07, 6.45) is 4.54. The average Bonchev–Trinajstić information content (AvgIpc) is 3.21. The van der Waals surface area contributed by atoms with E-state index in [1.807, 2.05) is 43.5 Å². The fraction of sp³-hybridized carbons (Fsp3) is 0.227. The first-order valence-electron chi connectivity index (χ1n) is 9.16. The van der Waals surface area contributed by atoms with Crippen LogP contribution in [0.1, 0.15) is 28.8 Å². The molecule has 3 aromatic rings. The monoisotopic (exact) mass is 377 g/mol. The summed E-state index contributed by atoms with van der Waals surface area (Å²) >= 11 is 0. The minimum atomic E-state index is -0.288. The van der Waals surface area contributed by atoms with Gasteiger partial charge in [0.2, 0.25) is 0 Å². The van der Waals surface area contributed by atoms with E-state index >= 15 is 0 Å². The van der Waals surface area contributed by atoms with Crippen molar-refractivity contribution in [2.45, 2.75) is 26.3 Å². The largest absolute Gasteiger partial charge is 0.427 e. The molecule has 28 heavy (non-hydrogen) atoms. The molecule has 0 aliphatic rings. The van der Waals surface area contributed by atoms with Crippen LogP contribution < -0.4 is 9.64 Å². The Labute approximate surface area is 164 Å². The van der Waals surface area contributed by atoms with Crippen LogP contribution in [0.2, 0.25) is 0 Å². The Hall–Kier alpha value is -3.41. The van der Waals surface area contributed by atoms with Gasteiger partial charge in [0.15, 0.2) is 0 Å². The molecular weight excluding hydrogens is 354 g/mol. The van der Waals surface area contributed by atoms with E-state index in [2.05, 4.69) is 5.10 Å². The van der Waals surface area contributed by atoms with Gasteiger partial charge in [0.1, 0.15) is 5.75 Å². The van der Waals surface area contributed by atoms with Gasteiger partial charge in [-0.15, -0.1) is 0 Å². The van der Waals surface area contributed by atoms with Crippen molar-refractivity contribution >= 4 is 17.6 Å². The summed E-state index contributed by atoms with van der Waals surface area (Å²) in [7, 11) is 1.72. The number of anilines is 1. The van der Waals surface area contributed by atoms with Crippen molar-refractivity contribution in [2.24, 2.45) is 0 Å². The Morgan fingerprint density at radius 3 is 2.43 bits per heavy atom. The van der Waals surface area contributed by atoms with Crippen molar-refractivity contribution < 1.29 is 14.3 Å². The minimum absolute atomic E-state index is 0.0941. The minimum Gasteiger partial charge on any atom is -0.427 e. The Balaban J connectivity index is 1.52. The third-order valence-corrected chi connectivity index (χ3v) is 4.39. The van der Waals surface area contributed by atoms with E-state index in [9.17, 15) is 9.59 Å². The Morgan fingerprint density at radius 1 is 1.07 bits per heavy atom. The Bertz CT molecular complexity index is 917. The van der Waals surface area contributed by atoms with E-state index in [1.165, 1.54) is 0 Å². The highest BCUT2D eigenvalue weighted by molar-refractivity contribution is 6.05. The summed E-state index contributed by atoms with van der Waals surface area (Å²) in [4.78, 5) is 26.1. The standard InChI is InChI=1S/C22H23N3O3/c1-17-6-8-18(9-7-17)22(27)24(2)19-10-12-20(13-11-19)28-21(26)5-3-15-25-16-4-14-23-25/h4,6-14,16H,3,5,15H2,1-2H3. The number of hydrogen-bond donors (Lipinski definition) is 0. The van der Waals surface area contributed by atoms with Gasteiger partial charge in [0.05, 0.1) is 0 Å². The molecule has 6 heteroatoms. The van der Waals surface area contributed by atoms with Gasteiger partial charge in [-0.3, -0.25) is 14.3 Å². The summed E-state index contributed by atoms with van der Waals surface area (Å²) in [5, 5.41) is 4.10. The van der Waals surface area contributed by atoms with Crippen molar-refractivity contribution in [3.05, 3.63) is 78.1 Å². The molecule has 0 atom stereocenters. The van der Waals surface area contributed by atoms with Crippen LogP contribution >= 0.6 is 0 Å². The van der Waals surface area contributed by atoms with Crippen molar-refractivity contribution in [1.82, 2.24) is 9.78 Å². The highest BCUT2D eigenvalue weighted by Crippen LogP contribution is 2.21. The summed E-state index contributed by atoms with van der Waals surface area (Å²) in [5.41, 5.74) is 2.46. The zero-order chi connectivity index (χ0) is 19.9. The van der Waals surface area contributed by atoms with Gasteiger partial charge in [0.25, 0.3) is 5.91 Å². The number of carbonyl (C=O) groups excluding carboxylic acids is 2. The van der Waals surface area contributed by atoms with E-state index in [0.29, 0.717) is 30.7 Å². The van der Waals surface area contributed by atoms with Crippen LogP contribution in [0.3, 0.4) is 0 Å². The first-order chi connectivity index (χ1) is 13.5. The van der Waals surface area contributed by atoms with Gasteiger partial charge in [-0.25, -0.2) is 0 Å². The first-order valence-corrected chi connectivity index (χ1v) is 9.16. The second kappa shape index (κ2) is 8.99. The molecule has 2 aromatic carbocycles. The van der Waals surface area contributed by atoms with Crippen molar-refractivity contribution in [1.29, 1.82) is 0 Å². The molecule has 144 valence electrons. The number of hydrogen-bond acceptors (Lipinski definition) is 4. The molecule has 0 unspecified atom stereocenters. The maximum Gasteiger partial charge on any atom is 0.311 e. The molecule has 1 aromatic heterocycles. The van der Waals surface area contributed by atoms with E-state index in [4.69, 9.17) is 4.74 Å². The molecule has 0 aliphatic heterocycles. The van der Waals surface area contributed by atoms with Crippen LogP contribution in [0.15, 0.2) is 67.0 Å². The third kappa shape index (κ3) is 5.07. The van der Waals surface area contributed by atoms with Gasteiger partial charge in [-0.1, -0.05) is 17.7 Å². The molecule has 0 spiro atoms. The molecule has 0 aliphatic carbocycles. The maximum atomic E-state index is 12.6. The number of aryl methyl sites for hydroxylation is 2. The second-order valence-electron chi connectivity index (χ2n) is 6.57. The van der Waals surface area contributed by atoms with Gasteiger partial charge in [0, 0.05) is 43.7 Å². The quantitative estimate of drug-likeness (QED) is 0.463. The molecule has 0 saturated carbocycles. The molecule has 6 nitrogen and oxygen atoms in total. The Kier molecular flexibility index (Phi) is 6.22. The highest BCUT2D eigenvalue weighted by Gasteiger charge is 2.13. The molecule has 0 N–H and O–H groups in total. The van der Waals surface area contributed by atoms with Crippen molar-refractivity contribution in [3.8, 4) is 5.75 Å². The molecule has 1 amide bonds. The molecule has 0 saturated heterocycles. The topological polar surface area (TPSA) is 64.4 Å². The average molecular weight is 377 g/mol. The summed E-state index contributed by atoms with van der Waals surface area (Å²) in [6, 6.07) is 16.2. The number of carbonyl (C=O) groups is 2. The summed E-state index contributed by atoms with van der Waals surface area (Å²) in [6.45, 7) is 2.66. The highest BCUT2D eigenvalue weighted by atomic mass is 16.5. The van der Waals surface area contributed by atoms with Crippen LogP contribution in [-0.4, -0.2) is 28.7 Å². The number of ether oxygens (including phenoxy) is 1. The Morgan fingerprint density at radius 2 is 1.79 bits per heavy atom. The summed E-state index contributed by atoms with van der Waals surface area (Å²) in [5.74, 6) is 0.0800. The lowest BCUT2D eigenvalue weighted by Gasteiger charge is -2.18. The normalized spacial score (nSPS) is 10.5. The predicted octanol–water partition coefficient (Wildman–Crippen LogP) is 3.85. The zero-order valence-electron chi connectivity index (χ0n) is 16.0. The molecule has 0 bridgehead atoms. The first kappa shape index (κ1) is 19.4. The lowest BCUT2D eigenvalue weighted by atomic mass is 10.1. The number of rotatable bonds is 7. The van der Waals surface area contributed by atoms with Crippen LogP contribution in [0.5, 0.6) is 5.75 Å². The predicted molar refractivity (Wildman–Crippen MR) is 107 cm³/mol. The van der Waals surface area contributed by atoms with Crippen molar-refractivity contribution in [2.75, 3.05) is 11.9 Å². The van der Waals surface area contributed by atoms with Gasteiger partial charge in [-0.2, -0.15) is 5.10 Å². The van der Waals surface area contributed by atoms with E-state index in [-0.39, 0.29) is 11.9 Å². The van der Waals surface area contributed by atoms with E-state index in [1.54, 1.807) is 47.1 Å². The van der Waals surface area contributed by atoms with Crippen LogP contribution in [-0.2, 0) is 11.3 Å². The number of esters is 1. The number of aromatic nitrogens is 2. The molecule has 3 rings (SSSR count). The number of nitrogens with zero attached hydrogens (tertiary/aromatic N) is 3. The van der Waals surface area contributed by atoms with Gasteiger partial charge >= 0.3 is 5.97 Å². The van der Waals surface area contributed by atoms with Crippen LogP contribution in [0, 0.1) is 6.92 Å². The van der Waals surface area contributed by atoms with Crippen LogP contribution in [0.4, 0.5) is 5.69 Å². The second-order valence-corrected chi connectivity index (χ2v) is 6.57. The maximum absolute atomic E-state index is 12.6. The molecule has 0 radical (unpaired) electrons. The number of amides is 1. The third-order valence-electron chi connectivity index (χ3n) is 4.39. The van der Waals surface area contributed by atoms with Gasteiger partial charge in [-0.05, 0) is 55.8 Å². The summed E-state index contributed by atoms with van der Waals surface area (Å²) < 4.78 is 7.14. The van der Waals surface area contributed by atoms with Crippen LogP contribution in [0.25, 0.3) is 0 Å². The fourth-order valence-corrected chi connectivity index (χ4v) is 2.75. The van der Waals surface area contributed by atoms with E-state index in [0.717, 1.165) is 11.3 Å². The lowest BCUT2D eigenvalue weighted by Crippen LogP contribution is -2.26. The lowest BCUT2D eigenvalue weighted by molar-refractivity contribution is -0.134. The molecular formula is C22H23N3O3. The van der Waals surface area contributed by atoms with Crippen molar-refractivity contribution in [3.63, 3.8) is 0 Å². The molecule has 0 fully saturated rings. The zero-order valence-corrected chi connectivity index (χ0v) is 16.0. The molecule has 1 heterocycles. The fourth-order valence-electron chi connectivity index (χ4n) is 2.75. The van der Waals surface area contributed by atoms with Gasteiger partial charge < -0.3 is 9.64 Å². The smallest absolute Gasteiger partial charge is 0.311 e. The SMILES string of the molecule is Cc1ccc(C(=O)N(C)c2ccc(OC(=O)CCCn3cccn3)cc2)cc1. The van der Waals surface area contributed by atoms with E-state index < -0.39 is 0 Å². The number of benzene rings is 2.